The first-order chi connectivity index (χ1) is 13.5. The molecule has 1 unspecified atom stereocenters. The Bertz CT molecular complexity index is 1050. The molecule has 6 heteroatoms. The monoisotopic (exact) mass is 410 g/mol. The summed E-state index contributed by atoms with van der Waals surface area (Å²) in [6.45, 7) is 1.85. The molecule has 3 aromatic rings. The third-order valence-corrected chi connectivity index (χ3v) is 4.76. The van der Waals surface area contributed by atoms with E-state index in [1.54, 1.807) is 30.3 Å². The second kappa shape index (κ2) is 8.79. The molecule has 4 nitrogen and oxygen atoms in total. The minimum atomic E-state index is -0.479. The van der Waals surface area contributed by atoms with Crippen LogP contribution in [0.3, 0.4) is 0 Å². The fourth-order valence-electron chi connectivity index (χ4n) is 2.69. The number of benzene rings is 2. The summed E-state index contributed by atoms with van der Waals surface area (Å²) in [5, 5.41) is 13.1. The average molecular weight is 411 g/mol. The van der Waals surface area contributed by atoms with Gasteiger partial charge >= 0.3 is 0 Å². The van der Waals surface area contributed by atoms with Gasteiger partial charge in [-0.15, -0.1) is 0 Å². The largest absolute Gasteiger partial charge is 0.457 e. The van der Waals surface area contributed by atoms with Crippen molar-refractivity contribution in [3.63, 3.8) is 0 Å². The van der Waals surface area contributed by atoms with E-state index in [9.17, 15) is 10.1 Å². The van der Waals surface area contributed by atoms with Crippen LogP contribution in [0.1, 0.15) is 24.3 Å². The Balaban J connectivity index is 1.81. The summed E-state index contributed by atoms with van der Waals surface area (Å²) in [4.78, 5) is 12.5. The van der Waals surface area contributed by atoms with Crippen LogP contribution in [0.2, 0.25) is 10.0 Å². The number of halogens is 2. The van der Waals surface area contributed by atoms with Crippen LogP contribution in [0.15, 0.2) is 70.7 Å². The van der Waals surface area contributed by atoms with Crippen molar-refractivity contribution < 1.29 is 9.21 Å². The van der Waals surface area contributed by atoms with Gasteiger partial charge in [0.1, 0.15) is 23.2 Å². The molecule has 140 valence electrons. The second-order valence-corrected chi connectivity index (χ2v) is 6.89. The molecule has 1 amide bonds. The fourth-order valence-corrected chi connectivity index (χ4v) is 3.27. The van der Waals surface area contributed by atoms with E-state index >= 15 is 0 Å². The zero-order chi connectivity index (χ0) is 20.1. The molecule has 0 radical (unpaired) electrons. The molecule has 1 N–H and O–H groups in total. The van der Waals surface area contributed by atoms with Gasteiger partial charge in [-0.1, -0.05) is 59.6 Å². The van der Waals surface area contributed by atoms with Crippen molar-refractivity contribution in [2.45, 2.75) is 13.0 Å². The molecule has 0 aliphatic heterocycles. The van der Waals surface area contributed by atoms with E-state index in [0.29, 0.717) is 27.1 Å². The second-order valence-electron chi connectivity index (χ2n) is 6.07. The maximum atomic E-state index is 12.5. The van der Waals surface area contributed by atoms with E-state index in [1.807, 2.05) is 43.3 Å². The van der Waals surface area contributed by atoms with Crippen molar-refractivity contribution in [1.82, 2.24) is 5.32 Å². The van der Waals surface area contributed by atoms with Gasteiger partial charge in [0.25, 0.3) is 5.91 Å². The molecule has 0 spiro atoms. The molecular weight excluding hydrogens is 395 g/mol. The highest BCUT2D eigenvalue weighted by atomic mass is 35.5. The number of carbonyl (C=O) groups is 1. The van der Waals surface area contributed by atoms with E-state index in [2.05, 4.69) is 5.32 Å². The lowest BCUT2D eigenvalue weighted by Gasteiger charge is -2.13. The summed E-state index contributed by atoms with van der Waals surface area (Å²) in [6.07, 6.45) is 1.39. The van der Waals surface area contributed by atoms with Gasteiger partial charge in [0, 0.05) is 6.08 Å². The van der Waals surface area contributed by atoms with Gasteiger partial charge in [-0.3, -0.25) is 4.79 Å². The van der Waals surface area contributed by atoms with E-state index in [1.165, 1.54) is 6.08 Å². The fraction of sp³-hybridized carbons (Fsp3) is 0.0909. The summed E-state index contributed by atoms with van der Waals surface area (Å²) in [7, 11) is 0. The summed E-state index contributed by atoms with van der Waals surface area (Å²) >= 11 is 12.4. The predicted octanol–water partition coefficient (Wildman–Crippen LogP) is 6.04. The number of amides is 1. The van der Waals surface area contributed by atoms with Crippen LogP contribution in [0.25, 0.3) is 17.4 Å². The number of nitrogens with zero attached hydrogens (tertiary/aromatic N) is 1. The first-order valence-electron chi connectivity index (χ1n) is 8.51. The van der Waals surface area contributed by atoms with Crippen LogP contribution in [-0.4, -0.2) is 5.91 Å². The molecule has 2 aromatic carbocycles. The first kappa shape index (κ1) is 19.8. The van der Waals surface area contributed by atoms with Crippen molar-refractivity contribution in [3.8, 4) is 17.4 Å². The molecule has 1 aromatic heterocycles. The maximum Gasteiger partial charge on any atom is 0.262 e. The zero-order valence-corrected chi connectivity index (χ0v) is 16.5. The summed E-state index contributed by atoms with van der Waals surface area (Å²) in [5.41, 5.74) is 1.45. The quantitative estimate of drug-likeness (QED) is 0.411. The average Bonchev–Trinajstić information content (AvgIpc) is 3.14. The number of hydrogen-bond acceptors (Lipinski definition) is 3. The van der Waals surface area contributed by atoms with Gasteiger partial charge in [-0.25, -0.2) is 0 Å². The van der Waals surface area contributed by atoms with Crippen molar-refractivity contribution in [3.05, 3.63) is 87.6 Å². The van der Waals surface area contributed by atoms with Gasteiger partial charge in [0.15, 0.2) is 0 Å². The van der Waals surface area contributed by atoms with Gasteiger partial charge in [0.2, 0.25) is 0 Å². The molecule has 1 heterocycles. The Morgan fingerprint density at radius 1 is 1.07 bits per heavy atom. The van der Waals surface area contributed by atoms with Gasteiger partial charge in [-0.05, 0) is 36.8 Å². The topological polar surface area (TPSA) is 66.0 Å². The van der Waals surface area contributed by atoms with Crippen molar-refractivity contribution in [2.24, 2.45) is 0 Å². The number of nitriles is 1. The molecule has 0 saturated heterocycles. The Labute approximate surface area is 173 Å². The third-order valence-electron chi connectivity index (χ3n) is 4.13. The highest BCUT2D eigenvalue weighted by molar-refractivity contribution is 6.39. The SMILES string of the molecule is CC(NC(=O)/C(C#N)=C/c1ccc(-c2c(Cl)cccc2Cl)o1)c1ccccc1. The van der Waals surface area contributed by atoms with Crippen LogP contribution in [-0.2, 0) is 4.79 Å². The Morgan fingerprint density at radius 3 is 2.39 bits per heavy atom. The standard InChI is InChI=1S/C22H16Cl2N2O2/c1-14(15-6-3-2-4-7-15)26-22(27)16(13-25)12-17-10-11-20(28-17)21-18(23)8-5-9-19(21)24/h2-12,14H,1H3,(H,26,27)/b16-12+. The normalized spacial score (nSPS) is 12.3. The summed E-state index contributed by atoms with van der Waals surface area (Å²) in [6, 6.07) is 19.7. The lowest BCUT2D eigenvalue weighted by molar-refractivity contribution is -0.117. The molecule has 0 saturated carbocycles. The number of furan rings is 1. The Kier molecular flexibility index (Phi) is 6.20. The van der Waals surface area contributed by atoms with Crippen LogP contribution >= 0.6 is 23.2 Å². The lowest BCUT2D eigenvalue weighted by Crippen LogP contribution is -2.27. The van der Waals surface area contributed by atoms with E-state index in [0.717, 1.165) is 5.56 Å². The molecule has 1 atom stereocenters. The third kappa shape index (κ3) is 4.45. The number of nitrogens with one attached hydrogen (secondary N) is 1. The lowest BCUT2D eigenvalue weighted by atomic mass is 10.1. The molecule has 0 fully saturated rings. The van der Waals surface area contributed by atoms with Gasteiger partial charge in [0.05, 0.1) is 21.7 Å². The van der Waals surface area contributed by atoms with E-state index in [4.69, 9.17) is 27.6 Å². The maximum absolute atomic E-state index is 12.5. The summed E-state index contributed by atoms with van der Waals surface area (Å²) < 4.78 is 5.73. The smallest absolute Gasteiger partial charge is 0.262 e. The molecule has 3 rings (SSSR count). The predicted molar refractivity (Wildman–Crippen MR) is 111 cm³/mol. The van der Waals surface area contributed by atoms with Crippen LogP contribution in [0.5, 0.6) is 0 Å². The van der Waals surface area contributed by atoms with Crippen LogP contribution < -0.4 is 5.32 Å². The molecule has 0 bridgehead atoms. The molecule has 0 aliphatic rings. The Morgan fingerprint density at radius 2 is 1.75 bits per heavy atom. The number of hydrogen-bond donors (Lipinski definition) is 1. The van der Waals surface area contributed by atoms with Crippen LogP contribution in [0, 0.1) is 11.3 Å². The van der Waals surface area contributed by atoms with Crippen molar-refractivity contribution >= 4 is 35.2 Å². The summed E-state index contributed by atoms with van der Waals surface area (Å²) in [5.74, 6) is 0.329. The first-order valence-corrected chi connectivity index (χ1v) is 9.27. The van der Waals surface area contributed by atoms with E-state index in [-0.39, 0.29) is 11.6 Å². The Hall–Kier alpha value is -3.00. The van der Waals surface area contributed by atoms with Crippen LogP contribution in [0.4, 0.5) is 0 Å². The van der Waals surface area contributed by atoms with Gasteiger partial charge in [-0.2, -0.15) is 5.26 Å². The highest BCUT2D eigenvalue weighted by Crippen LogP contribution is 2.35. The minimum absolute atomic E-state index is 0.0612. The van der Waals surface area contributed by atoms with Crippen molar-refractivity contribution in [1.29, 1.82) is 5.26 Å². The molecule has 28 heavy (non-hydrogen) atoms. The zero-order valence-electron chi connectivity index (χ0n) is 14.9. The molecule has 0 aliphatic carbocycles. The number of rotatable bonds is 5. The van der Waals surface area contributed by atoms with E-state index < -0.39 is 5.91 Å². The highest BCUT2D eigenvalue weighted by Gasteiger charge is 2.16. The van der Waals surface area contributed by atoms with Crippen molar-refractivity contribution in [2.75, 3.05) is 0 Å². The van der Waals surface area contributed by atoms with Gasteiger partial charge < -0.3 is 9.73 Å². The molecular formula is C22H16Cl2N2O2. The number of carbonyl (C=O) groups excluding carboxylic acids is 1. The minimum Gasteiger partial charge on any atom is -0.457 e.